The molecular weight excluding hydrogens is 844 g/mol. The molecule has 15 atom stereocenters. The predicted octanol–water partition coefficient (Wildman–Crippen LogP) is -1.23. The molecule has 3 rings (SSSR count). The first-order valence-electron chi connectivity index (χ1n) is 18.8. The van der Waals surface area contributed by atoms with Crippen molar-refractivity contribution in [1.82, 2.24) is 0 Å². The van der Waals surface area contributed by atoms with Crippen LogP contribution in [0.5, 0.6) is 0 Å². The number of carbonyl (C=O) groups is 10. The van der Waals surface area contributed by atoms with Gasteiger partial charge in [-0.15, -0.1) is 0 Å². The highest BCUT2D eigenvalue weighted by atomic mass is 16.8. The molecule has 3 aliphatic heterocycles. The fraction of sp³-hybridized carbons (Fsp3) is 0.730. The second-order valence-electron chi connectivity index (χ2n) is 13.8. The summed E-state index contributed by atoms with van der Waals surface area (Å²) in [6.07, 6.45) is -27.2. The zero-order valence-corrected chi connectivity index (χ0v) is 35.6. The van der Waals surface area contributed by atoms with E-state index in [1.807, 2.05) is 0 Å². The number of rotatable bonds is 15. The van der Waals surface area contributed by atoms with Crippen LogP contribution in [0.4, 0.5) is 0 Å². The van der Waals surface area contributed by atoms with Crippen LogP contribution in [0.2, 0.25) is 0 Å². The van der Waals surface area contributed by atoms with E-state index in [-0.39, 0.29) is 0 Å². The lowest BCUT2D eigenvalue weighted by Crippen LogP contribution is -2.69. The Morgan fingerprint density at radius 2 is 0.758 bits per heavy atom. The zero-order chi connectivity index (χ0) is 46.7. The van der Waals surface area contributed by atoms with Crippen LogP contribution in [0.3, 0.4) is 0 Å². The van der Waals surface area contributed by atoms with Gasteiger partial charge in [-0.2, -0.15) is 0 Å². The summed E-state index contributed by atoms with van der Waals surface area (Å²) < 4.78 is 84.4. The van der Waals surface area contributed by atoms with Crippen LogP contribution in [0, 0.1) is 0 Å². The van der Waals surface area contributed by atoms with Gasteiger partial charge in [-0.05, 0) is 6.92 Å². The summed E-state index contributed by atoms with van der Waals surface area (Å²) in [5.74, 6) is -9.97. The fourth-order valence-electron chi connectivity index (χ4n) is 6.68. The van der Waals surface area contributed by atoms with Crippen molar-refractivity contribution < 1.29 is 119 Å². The highest BCUT2D eigenvalue weighted by Crippen LogP contribution is 2.38. The molecule has 0 radical (unpaired) electrons. The van der Waals surface area contributed by atoms with E-state index < -0.39 is 158 Å². The third kappa shape index (κ3) is 14.0. The molecule has 0 aromatic heterocycles. The van der Waals surface area contributed by atoms with Gasteiger partial charge < -0.3 is 71.1 Å². The number of esters is 10. The van der Waals surface area contributed by atoms with E-state index in [4.69, 9.17) is 71.1 Å². The topological polar surface area (TPSA) is 309 Å². The highest BCUT2D eigenvalue weighted by Gasteiger charge is 2.61. The van der Waals surface area contributed by atoms with E-state index in [0.29, 0.717) is 0 Å². The van der Waals surface area contributed by atoms with Crippen LogP contribution in [0.25, 0.3) is 0 Å². The molecule has 0 bridgehead atoms. The van der Waals surface area contributed by atoms with Crippen LogP contribution in [0.1, 0.15) is 69.2 Å². The van der Waals surface area contributed by atoms with Gasteiger partial charge in [0.1, 0.15) is 12.7 Å². The van der Waals surface area contributed by atoms with Crippen LogP contribution in [-0.2, 0) is 119 Å². The molecule has 3 heterocycles. The van der Waals surface area contributed by atoms with Crippen molar-refractivity contribution in [2.45, 2.75) is 161 Å². The van der Waals surface area contributed by atoms with Gasteiger partial charge in [-0.25, -0.2) is 4.79 Å². The summed E-state index contributed by atoms with van der Waals surface area (Å²) >= 11 is 0. The molecule has 0 amide bonds. The molecule has 348 valence electrons. The molecule has 25 heteroatoms. The summed E-state index contributed by atoms with van der Waals surface area (Å²) in [6, 6.07) is 0. The molecule has 1 unspecified atom stereocenters. The second kappa shape index (κ2) is 22.6. The predicted molar refractivity (Wildman–Crippen MR) is 191 cm³/mol. The van der Waals surface area contributed by atoms with Gasteiger partial charge in [-0.1, -0.05) is 0 Å². The van der Waals surface area contributed by atoms with E-state index in [9.17, 15) is 47.9 Å². The summed E-state index contributed by atoms with van der Waals surface area (Å²) in [7, 11) is 0.953. The largest absolute Gasteiger partial charge is 0.467 e. The molecule has 0 N–H and O–H groups in total. The fourth-order valence-corrected chi connectivity index (χ4v) is 6.68. The third-order valence-electron chi connectivity index (χ3n) is 8.68. The second-order valence-corrected chi connectivity index (χ2v) is 13.8. The van der Waals surface area contributed by atoms with E-state index in [0.717, 1.165) is 69.4 Å². The van der Waals surface area contributed by atoms with Gasteiger partial charge >= 0.3 is 59.7 Å². The minimum atomic E-state index is -2.11. The molecule has 0 spiro atoms. The first-order chi connectivity index (χ1) is 28.9. The normalized spacial score (nSPS) is 32.9. The third-order valence-corrected chi connectivity index (χ3v) is 8.68. The number of hydrogen-bond donors (Lipinski definition) is 0. The van der Waals surface area contributed by atoms with Gasteiger partial charge in [-0.3, -0.25) is 43.2 Å². The lowest BCUT2D eigenvalue weighted by Gasteiger charge is -2.50. The average molecular weight is 895 g/mol. The maximum atomic E-state index is 13.0. The van der Waals surface area contributed by atoms with Crippen LogP contribution >= 0.6 is 0 Å². The molecule has 0 aromatic carbocycles. The van der Waals surface area contributed by atoms with Crippen LogP contribution < -0.4 is 0 Å². The lowest BCUT2D eigenvalue weighted by atomic mass is 9.95. The van der Waals surface area contributed by atoms with E-state index in [1.165, 1.54) is 6.92 Å². The Morgan fingerprint density at radius 3 is 1.21 bits per heavy atom. The summed E-state index contributed by atoms with van der Waals surface area (Å²) in [5.41, 5.74) is 0. The lowest BCUT2D eigenvalue weighted by molar-refractivity contribution is -0.388. The van der Waals surface area contributed by atoms with Crippen molar-refractivity contribution in [3.8, 4) is 0 Å². The molecule has 3 fully saturated rings. The van der Waals surface area contributed by atoms with Crippen molar-refractivity contribution >= 4 is 59.7 Å². The standard InChI is InChI=1S/C37H50O25/c1-13-24(51-15(3)39)26(53-17(5)41)31(57-21(9)45)35(50-13)61-32-27(54-18(6)42)25(52-16(4)40)23(12-49-14(2)38)59-37(32)62-33-29(56-20(8)44)28(55-19(7)43)30(34(47)48-11)60-36(33)58-22(10)46/h13,23-33,35-37H,12H2,1-11H3/t13-,23+,24-,25-,26+,27-,28-,29-,30-,31+,32+,33+,35-,36?,37-/m0/s1. The van der Waals surface area contributed by atoms with Crippen molar-refractivity contribution in [3.63, 3.8) is 0 Å². The molecular formula is C37H50O25. The van der Waals surface area contributed by atoms with E-state index >= 15 is 0 Å². The van der Waals surface area contributed by atoms with E-state index in [1.54, 1.807) is 0 Å². The smallest absolute Gasteiger partial charge is 0.339 e. The van der Waals surface area contributed by atoms with Crippen molar-refractivity contribution in [2.75, 3.05) is 13.7 Å². The van der Waals surface area contributed by atoms with Crippen LogP contribution in [0.15, 0.2) is 0 Å². The van der Waals surface area contributed by atoms with Gasteiger partial charge in [0.25, 0.3) is 0 Å². The Bertz CT molecular complexity index is 1690. The van der Waals surface area contributed by atoms with Gasteiger partial charge in [0.05, 0.1) is 13.2 Å². The molecule has 3 saturated heterocycles. The number of methoxy groups -OCH3 is 1. The molecule has 0 aromatic rings. The first-order valence-corrected chi connectivity index (χ1v) is 18.8. The van der Waals surface area contributed by atoms with Gasteiger partial charge in [0.2, 0.25) is 6.29 Å². The minimum absolute atomic E-state index is 0.731. The van der Waals surface area contributed by atoms with Crippen molar-refractivity contribution in [3.05, 3.63) is 0 Å². The molecule has 0 aliphatic carbocycles. The maximum absolute atomic E-state index is 13.0. The minimum Gasteiger partial charge on any atom is -0.467 e. The van der Waals surface area contributed by atoms with Crippen LogP contribution in [-0.4, -0.2) is 166 Å². The quantitative estimate of drug-likeness (QED) is 0.137. The molecule has 0 saturated carbocycles. The number of hydrogen-bond acceptors (Lipinski definition) is 25. The van der Waals surface area contributed by atoms with Gasteiger partial charge in [0.15, 0.2) is 73.6 Å². The van der Waals surface area contributed by atoms with E-state index in [2.05, 4.69) is 0 Å². The van der Waals surface area contributed by atoms with Gasteiger partial charge in [0, 0.05) is 62.3 Å². The summed E-state index contributed by atoms with van der Waals surface area (Å²) in [5, 5.41) is 0. The molecule has 25 nitrogen and oxygen atoms in total. The monoisotopic (exact) mass is 894 g/mol. The maximum Gasteiger partial charge on any atom is 0.339 e. The van der Waals surface area contributed by atoms with Crippen molar-refractivity contribution in [2.24, 2.45) is 0 Å². The Morgan fingerprint density at radius 1 is 0.387 bits per heavy atom. The number of carbonyl (C=O) groups excluding carboxylic acids is 10. The molecule has 3 aliphatic rings. The Labute approximate surface area is 353 Å². The number of ether oxygens (including phenoxy) is 15. The average Bonchev–Trinajstić information content (AvgIpc) is 3.13. The molecule has 62 heavy (non-hydrogen) atoms. The summed E-state index contributed by atoms with van der Waals surface area (Å²) in [4.78, 5) is 125. The Hall–Kier alpha value is -5.50. The Balaban J connectivity index is 2.35. The SMILES string of the molecule is COC(=O)[C@H]1OC(OC(C)=O)[C@H](O[C@@H]2O[C@H](COC(C)=O)[C@H](OC(C)=O)[C@H](OC(C)=O)[C@H]2O[C@@H]2O[C@@H](C)[C@H](OC(C)=O)[C@@H](OC(C)=O)[C@H]2OC(C)=O)[C@@H](OC(C)=O)[C@@H]1OC(C)=O. The highest BCUT2D eigenvalue weighted by molar-refractivity contribution is 5.77. The summed E-state index contributed by atoms with van der Waals surface area (Å²) in [6.45, 7) is 9.45. The Kier molecular flexibility index (Phi) is 18.5. The first kappa shape index (κ1) is 50.9. The van der Waals surface area contributed by atoms with Crippen molar-refractivity contribution in [1.29, 1.82) is 0 Å². The zero-order valence-electron chi connectivity index (χ0n) is 35.6.